The molecule has 94 valence electrons. The number of ether oxygens (including phenoxy) is 1. The van der Waals surface area contributed by atoms with Crippen LogP contribution in [0.1, 0.15) is 15.9 Å². The number of amides is 1. The molecular formula is C12H15BrFNO2. The molecule has 0 saturated heterocycles. The molecule has 5 heteroatoms. The van der Waals surface area contributed by atoms with Crippen LogP contribution in [0, 0.1) is 12.7 Å². The molecule has 1 rings (SSSR count). The molecule has 17 heavy (non-hydrogen) atoms. The van der Waals surface area contributed by atoms with Gasteiger partial charge in [-0.15, -0.1) is 0 Å². The van der Waals surface area contributed by atoms with Crippen molar-refractivity contribution in [2.24, 2.45) is 0 Å². The molecule has 1 atom stereocenters. The fraction of sp³-hybridized carbons (Fsp3) is 0.417. The molecule has 1 aromatic rings. The Morgan fingerprint density at radius 3 is 2.88 bits per heavy atom. The van der Waals surface area contributed by atoms with E-state index in [-0.39, 0.29) is 16.6 Å². The van der Waals surface area contributed by atoms with Crippen LogP contribution in [-0.4, -0.2) is 31.0 Å². The van der Waals surface area contributed by atoms with Crippen LogP contribution in [0.5, 0.6) is 0 Å². The minimum Gasteiger partial charge on any atom is -0.383 e. The first-order valence-electron chi connectivity index (χ1n) is 5.22. The van der Waals surface area contributed by atoms with Crippen LogP contribution in [-0.2, 0) is 4.74 Å². The van der Waals surface area contributed by atoms with E-state index in [1.54, 1.807) is 26.2 Å². The Morgan fingerprint density at radius 1 is 1.59 bits per heavy atom. The molecule has 1 unspecified atom stereocenters. The van der Waals surface area contributed by atoms with Gasteiger partial charge < -0.3 is 10.1 Å². The van der Waals surface area contributed by atoms with Crippen LogP contribution in [0.15, 0.2) is 18.2 Å². The van der Waals surface area contributed by atoms with Crippen molar-refractivity contribution >= 4 is 21.8 Å². The van der Waals surface area contributed by atoms with E-state index in [9.17, 15) is 9.18 Å². The quantitative estimate of drug-likeness (QED) is 0.848. The van der Waals surface area contributed by atoms with Gasteiger partial charge in [-0.3, -0.25) is 4.79 Å². The third kappa shape index (κ3) is 4.44. The van der Waals surface area contributed by atoms with Crippen LogP contribution in [0.2, 0.25) is 0 Å². The topological polar surface area (TPSA) is 38.3 Å². The second kappa shape index (κ2) is 6.71. The number of carbonyl (C=O) groups excluding carboxylic acids is 1. The molecule has 0 aliphatic carbocycles. The van der Waals surface area contributed by atoms with Gasteiger partial charge in [0.2, 0.25) is 0 Å². The van der Waals surface area contributed by atoms with Gasteiger partial charge in [0.15, 0.2) is 0 Å². The zero-order valence-electron chi connectivity index (χ0n) is 9.80. The van der Waals surface area contributed by atoms with Gasteiger partial charge in [-0.1, -0.05) is 22.0 Å². The summed E-state index contributed by atoms with van der Waals surface area (Å²) < 4.78 is 18.2. The average Bonchev–Trinajstić information content (AvgIpc) is 2.30. The van der Waals surface area contributed by atoms with E-state index in [0.29, 0.717) is 24.3 Å². The second-order valence-electron chi connectivity index (χ2n) is 3.73. The number of aryl methyl sites for hydroxylation is 1. The Kier molecular flexibility index (Phi) is 5.58. The number of hydrogen-bond donors (Lipinski definition) is 1. The standard InChI is InChI=1S/C12H15BrFNO2/c1-8-3-4-9(5-11(8)14)12(16)15-6-10(13)7-17-2/h3-5,10H,6-7H2,1-2H3,(H,15,16). The summed E-state index contributed by atoms with van der Waals surface area (Å²) >= 11 is 3.35. The van der Waals surface area contributed by atoms with Crippen molar-refractivity contribution in [2.45, 2.75) is 11.8 Å². The fourth-order valence-corrected chi connectivity index (χ4v) is 1.71. The smallest absolute Gasteiger partial charge is 0.251 e. The van der Waals surface area contributed by atoms with E-state index in [4.69, 9.17) is 4.74 Å². The Bertz CT molecular complexity index is 398. The molecule has 1 N–H and O–H groups in total. The highest BCUT2D eigenvalue weighted by Gasteiger charge is 2.10. The van der Waals surface area contributed by atoms with Gasteiger partial charge in [-0.05, 0) is 24.6 Å². The van der Waals surface area contributed by atoms with Gasteiger partial charge in [-0.2, -0.15) is 0 Å². The number of hydrogen-bond acceptors (Lipinski definition) is 2. The molecule has 3 nitrogen and oxygen atoms in total. The highest BCUT2D eigenvalue weighted by Crippen LogP contribution is 2.09. The number of nitrogens with one attached hydrogen (secondary N) is 1. The number of carbonyl (C=O) groups is 1. The monoisotopic (exact) mass is 303 g/mol. The molecule has 0 saturated carbocycles. The molecule has 0 aliphatic heterocycles. The number of halogens is 2. The Balaban J connectivity index is 2.55. The molecule has 0 aliphatic rings. The maximum atomic E-state index is 13.2. The summed E-state index contributed by atoms with van der Waals surface area (Å²) in [6, 6.07) is 4.43. The van der Waals surface area contributed by atoms with E-state index in [1.807, 2.05) is 0 Å². The van der Waals surface area contributed by atoms with E-state index in [2.05, 4.69) is 21.2 Å². The summed E-state index contributed by atoms with van der Waals surface area (Å²) in [5.41, 5.74) is 0.851. The highest BCUT2D eigenvalue weighted by atomic mass is 79.9. The predicted octanol–water partition coefficient (Wildman–Crippen LogP) is 2.27. The number of alkyl halides is 1. The fourth-order valence-electron chi connectivity index (χ4n) is 1.28. The van der Waals surface area contributed by atoms with Gasteiger partial charge in [0.05, 0.1) is 11.4 Å². The third-order valence-corrected chi connectivity index (χ3v) is 2.85. The Labute approximate surface area is 108 Å². The molecule has 0 heterocycles. The first-order chi connectivity index (χ1) is 8.04. The highest BCUT2D eigenvalue weighted by molar-refractivity contribution is 9.09. The normalized spacial score (nSPS) is 12.2. The zero-order valence-corrected chi connectivity index (χ0v) is 11.4. The summed E-state index contributed by atoms with van der Waals surface area (Å²) in [5, 5.41) is 2.70. The van der Waals surface area contributed by atoms with Crippen molar-refractivity contribution < 1.29 is 13.9 Å². The number of methoxy groups -OCH3 is 1. The number of rotatable bonds is 5. The van der Waals surface area contributed by atoms with Crippen molar-refractivity contribution in [1.29, 1.82) is 0 Å². The second-order valence-corrected chi connectivity index (χ2v) is 5.02. The zero-order chi connectivity index (χ0) is 12.8. The van der Waals surface area contributed by atoms with E-state index in [0.717, 1.165) is 0 Å². The molecule has 0 spiro atoms. The molecule has 0 aromatic heterocycles. The van der Waals surface area contributed by atoms with Gasteiger partial charge in [-0.25, -0.2) is 4.39 Å². The van der Waals surface area contributed by atoms with E-state index in [1.165, 1.54) is 6.07 Å². The maximum Gasteiger partial charge on any atom is 0.251 e. The van der Waals surface area contributed by atoms with Crippen molar-refractivity contribution in [2.75, 3.05) is 20.3 Å². The van der Waals surface area contributed by atoms with Gasteiger partial charge in [0.1, 0.15) is 5.82 Å². The van der Waals surface area contributed by atoms with Crippen LogP contribution in [0.25, 0.3) is 0 Å². The van der Waals surface area contributed by atoms with Crippen molar-refractivity contribution in [1.82, 2.24) is 5.32 Å². The lowest BCUT2D eigenvalue weighted by molar-refractivity contribution is 0.0949. The van der Waals surface area contributed by atoms with Crippen LogP contribution < -0.4 is 5.32 Å². The minimum absolute atomic E-state index is 0.0479. The first kappa shape index (κ1) is 14.1. The molecule has 1 amide bonds. The van der Waals surface area contributed by atoms with Crippen molar-refractivity contribution in [3.05, 3.63) is 35.1 Å². The molecule has 0 fully saturated rings. The lowest BCUT2D eigenvalue weighted by Gasteiger charge is -2.10. The lowest BCUT2D eigenvalue weighted by atomic mass is 10.1. The SMILES string of the molecule is COCC(Br)CNC(=O)c1ccc(C)c(F)c1. The summed E-state index contributed by atoms with van der Waals surface area (Å²) in [6.45, 7) is 2.59. The Hall–Kier alpha value is -0.940. The van der Waals surface area contributed by atoms with Crippen molar-refractivity contribution in [3.8, 4) is 0 Å². The average molecular weight is 304 g/mol. The summed E-state index contributed by atoms with van der Waals surface area (Å²) in [4.78, 5) is 11.7. The van der Waals surface area contributed by atoms with Gasteiger partial charge in [0.25, 0.3) is 5.91 Å². The van der Waals surface area contributed by atoms with Crippen LogP contribution in [0.4, 0.5) is 4.39 Å². The first-order valence-corrected chi connectivity index (χ1v) is 6.13. The van der Waals surface area contributed by atoms with E-state index >= 15 is 0 Å². The molecule has 0 bridgehead atoms. The van der Waals surface area contributed by atoms with Crippen LogP contribution >= 0.6 is 15.9 Å². The number of benzene rings is 1. The summed E-state index contributed by atoms with van der Waals surface area (Å²) in [7, 11) is 1.59. The third-order valence-electron chi connectivity index (χ3n) is 2.27. The van der Waals surface area contributed by atoms with Gasteiger partial charge in [0, 0.05) is 19.2 Å². The van der Waals surface area contributed by atoms with Gasteiger partial charge >= 0.3 is 0 Å². The lowest BCUT2D eigenvalue weighted by Crippen LogP contribution is -2.31. The summed E-state index contributed by atoms with van der Waals surface area (Å²) in [5.74, 6) is -0.658. The minimum atomic E-state index is -0.370. The van der Waals surface area contributed by atoms with Crippen molar-refractivity contribution in [3.63, 3.8) is 0 Å². The molecule has 1 aromatic carbocycles. The van der Waals surface area contributed by atoms with Crippen LogP contribution in [0.3, 0.4) is 0 Å². The summed E-state index contributed by atoms with van der Waals surface area (Å²) in [6.07, 6.45) is 0. The van der Waals surface area contributed by atoms with E-state index < -0.39 is 0 Å². The molecule has 0 radical (unpaired) electrons. The predicted molar refractivity (Wildman–Crippen MR) is 68.1 cm³/mol. The largest absolute Gasteiger partial charge is 0.383 e. The maximum absolute atomic E-state index is 13.2. The molecular weight excluding hydrogens is 289 g/mol. The Morgan fingerprint density at radius 2 is 2.29 bits per heavy atom.